The average molecular weight is 1840 g/mol. The number of amides is 7. The maximum atomic E-state index is 13.2. The number of carbonyl (C=O) groups excluding carboxylic acids is 11. The van der Waals surface area contributed by atoms with Gasteiger partial charge < -0.3 is 69.2 Å². The highest BCUT2D eigenvalue weighted by Gasteiger charge is 2.45. The Labute approximate surface area is 752 Å². The standard InChI is InChI=1S/C31H26N2O7S.C13H16N2O5S.C11H18N3O.C11H12N2O5S.C11H12N2O4.C11H17N2O3/c1-20-7-14-24(15-8-20)41(37,38)18-17-29(34)32-21-9-11-22(12-10-21)40-23-13-16-25-26(19-23)31(36)33(30(25)35)27-5-3-4-6-28(27)39-2;1-6(2)20-13(18)8-4-7(12(17)19-3)10(14)15-9(16)5-21-11(8)15;1-9-8-10(12(2)3)6-7-14(9)11(15)13(4)5;1-17-10(15)5-3-6(11(16)18-2)9-13(8(5)12)7(14)4-19-9;14-13(15)9-3-1-8(2-4-9)11-10-5-16-6-12(10)7-17-11;1-8-6-10(15-5)7-9(2)13(8)16-11(14)12(3)4/h3-16,19H,17-18H2,1-2H3,(H,32,34);6H,4-5,14H2,1-3H3;6-8H,1-5H3;3-4,12H2,1-2H3;1-4,10-11H,5-7H2;6-7H,1-5H3/q;;+1;;;+1. The Kier molecular flexibility index (Phi) is 33.9. The smallest absolute Gasteiger partial charge is 0.496 e. The van der Waals surface area contributed by atoms with Crippen LogP contribution in [0.4, 0.5) is 32.3 Å². The normalized spacial score (nSPS) is 15.8. The van der Waals surface area contributed by atoms with Crippen molar-refractivity contribution < 1.29 is 123 Å². The highest BCUT2D eigenvalue weighted by molar-refractivity contribution is 8.04. The van der Waals surface area contributed by atoms with Gasteiger partial charge in [0.2, 0.25) is 29.1 Å². The zero-order valence-corrected chi connectivity index (χ0v) is 76.5. The summed E-state index contributed by atoms with van der Waals surface area (Å²) >= 11 is 2.41. The average Bonchev–Trinajstić information content (AvgIpc) is 1.62. The number of fused-ring (bicyclic) bond motifs is 4. The Morgan fingerprint density at radius 3 is 1.69 bits per heavy atom. The van der Waals surface area contributed by atoms with Crippen molar-refractivity contribution in [1.29, 1.82) is 0 Å². The molecule has 2 aromatic heterocycles. The molecule has 5 aromatic carbocycles. The number of esters is 4. The van der Waals surface area contributed by atoms with Gasteiger partial charge in [-0.2, -0.15) is 14.2 Å². The number of ether oxygens (including phenoxy) is 9. The van der Waals surface area contributed by atoms with Crippen LogP contribution in [0.25, 0.3) is 0 Å². The Hall–Kier alpha value is -13.7. The Balaban J connectivity index is 0.000000184. The predicted molar refractivity (Wildman–Crippen MR) is 472 cm³/mol. The molecule has 0 radical (unpaired) electrons. The molecule has 0 saturated carbocycles. The van der Waals surface area contributed by atoms with Crippen molar-refractivity contribution in [3.63, 3.8) is 0 Å². The number of sulfone groups is 1. The van der Waals surface area contributed by atoms with E-state index in [0.29, 0.717) is 58.7 Å². The summed E-state index contributed by atoms with van der Waals surface area (Å²) in [6.45, 7) is 12.8. The van der Waals surface area contributed by atoms with Gasteiger partial charge in [0, 0.05) is 102 Å². The van der Waals surface area contributed by atoms with Crippen LogP contribution in [-0.2, 0) is 71.8 Å². The Bertz CT molecular complexity index is 5720. The van der Waals surface area contributed by atoms with Crippen molar-refractivity contribution in [2.45, 2.75) is 84.0 Å². The number of non-ortho nitro benzene ring substituents is 1. The first kappa shape index (κ1) is 99.0. The zero-order chi connectivity index (χ0) is 94.7. The van der Waals surface area contributed by atoms with Crippen LogP contribution in [0.2, 0.25) is 0 Å². The third-order valence-electron chi connectivity index (χ3n) is 19.9. The number of hydrogen-bond donors (Lipinski definition) is 3. The molecule has 38 nitrogen and oxygen atoms in total. The van der Waals surface area contributed by atoms with Crippen LogP contribution in [0.3, 0.4) is 0 Å². The summed E-state index contributed by atoms with van der Waals surface area (Å²) in [5, 5.41) is 14.1. The number of nitro groups is 1. The minimum absolute atomic E-state index is 0.00269. The molecule has 9 heterocycles. The van der Waals surface area contributed by atoms with E-state index in [1.165, 1.54) is 102 Å². The number of hydrogen-bond acceptors (Lipinski definition) is 31. The van der Waals surface area contributed by atoms with Crippen LogP contribution in [0.15, 0.2) is 195 Å². The quantitative estimate of drug-likeness (QED) is 0.0171. The topological polar surface area (TPSA) is 452 Å². The third kappa shape index (κ3) is 24.1. The number of thioether (sulfide) groups is 2. The lowest BCUT2D eigenvalue weighted by molar-refractivity contribution is -0.877. The van der Waals surface area contributed by atoms with Crippen LogP contribution >= 0.6 is 23.5 Å². The number of methoxy groups -OCH3 is 5. The predicted octanol–water partition coefficient (Wildman–Crippen LogP) is 8.43. The number of rotatable bonds is 19. The van der Waals surface area contributed by atoms with Gasteiger partial charge in [0.25, 0.3) is 17.5 Å². The van der Waals surface area contributed by atoms with E-state index in [9.17, 15) is 71.3 Å². The van der Waals surface area contributed by atoms with E-state index in [1.807, 2.05) is 58.8 Å². The maximum absolute atomic E-state index is 13.2. The van der Waals surface area contributed by atoms with Crippen molar-refractivity contribution in [2.24, 2.45) is 11.5 Å². The number of aryl methyl sites for hydroxylation is 4. The van der Waals surface area contributed by atoms with E-state index >= 15 is 0 Å². The second kappa shape index (κ2) is 44.1. The van der Waals surface area contributed by atoms with Gasteiger partial charge in [0.1, 0.15) is 66.1 Å². The molecule has 7 aromatic rings. The number of anilines is 3. The lowest BCUT2D eigenvalue weighted by Gasteiger charge is -2.27. The minimum Gasteiger partial charge on any atom is -0.496 e. The number of benzene rings is 5. The fourth-order valence-electron chi connectivity index (χ4n) is 13.2. The van der Waals surface area contributed by atoms with Crippen molar-refractivity contribution in [3.05, 3.63) is 239 Å². The number of pyridine rings is 2. The molecule has 684 valence electrons. The molecule has 0 spiro atoms. The minimum atomic E-state index is -3.58. The van der Waals surface area contributed by atoms with E-state index in [4.69, 9.17) is 44.7 Å². The van der Waals surface area contributed by atoms with Crippen LogP contribution < -0.4 is 54.9 Å². The summed E-state index contributed by atoms with van der Waals surface area (Å²) in [4.78, 5) is 159. The van der Waals surface area contributed by atoms with Gasteiger partial charge in [-0.1, -0.05) is 53.4 Å². The van der Waals surface area contributed by atoms with E-state index < -0.39 is 62.5 Å². The number of carbonyl (C=O) groups is 11. The molecular formula is C88H101N13O25S3+2. The summed E-state index contributed by atoms with van der Waals surface area (Å²) in [6.07, 6.45) is 0.841. The first-order valence-corrected chi connectivity index (χ1v) is 43.2. The molecule has 2 atom stereocenters. The van der Waals surface area contributed by atoms with Gasteiger partial charge in [-0.3, -0.25) is 43.9 Å². The molecule has 0 bridgehead atoms. The first-order valence-electron chi connectivity index (χ1n) is 39.6. The number of imide groups is 1. The molecule has 41 heteroatoms. The van der Waals surface area contributed by atoms with Crippen LogP contribution in [0.1, 0.15) is 88.1 Å². The van der Waals surface area contributed by atoms with E-state index in [0.717, 1.165) is 44.5 Å². The number of nitrogens with one attached hydrogen (secondary N) is 1. The van der Waals surface area contributed by atoms with Gasteiger partial charge in [-0.05, 0) is 112 Å². The fourth-order valence-corrected chi connectivity index (χ4v) is 16.5. The number of aromatic nitrogens is 2. The lowest BCUT2D eigenvalue weighted by atomic mass is 10.0. The molecule has 14 rings (SSSR count). The number of nitrogens with zero attached hydrogens (tertiary/aromatic N) is 10. The number of para-hydroxylation sites is 2. The molecule has 5 N–H and O–H groups in total. The summed E-state index contributed by atoms with van der Waals surface area (Å²) in [5.41, 5.74) is 19.3. The largest absolute Gasteiger partial charge is 0.497 e. The summed E-state index contributed by atoms with van der Waals surface area (Å²) < 4.78 is 74.6. The van der Waals surface area contributed by atoms with Crippen LogP contribution in [0, 0.1) is 37.8 Å². The second-order valence-electron chi connectivity index (χ2n) is 29.9. The van der Waals surface area contributed by atoms with Gasteiger partial charge in [0.05, 0.1) is 157 Å². The van der Waals surface area contributed by atoms with Crippen LogP contribution in [-0.4, -0.2) is 231 Å². The second-order valence-corrected chi connectivity index (χ2v) is 33.9. The highest BCUT2D eigenvalue weighted by atomic mass is 32.2. The van der Waals surface area contributed by atoms with Gasteiger partial charge in [-0.25, -0.2) is 47.1 Å². The van der Waals surface area contributed by atoms with Gasteiger partial charge in [-0.15, -0.1) is 0 Å². The molecule has 0 aliphatic carbocycles. The zero-order valence-electron chi connectivity index (χ0n) is 74.0. The van der Waals surface area contributed by atoms with Crippen molar-refractivity contribution in [3.8, 4) is 23.0 Å². The molecule has 4 fully saturated rings. The molecule has 4 saturated heterocycles. The molecule has 7 aliphatic rings. The molecule has 129 heavy (non-hydrogen) atoms. The Morgan fingerprint density at radius 1 is 0.620 bits per heavy atom. The Morgan fingerprint density at radius 2 is 1.17 bits per heavy atom. The van der Waals surface area contributed by atoms with E-state index in [1.54, 1.807) is 162 Å². The fraction of sp³-hybridized carbons (Fsp3) is 0.330. The number of nitrogens with two attached hydrogens (primary N) is 2. The van der Waals surface area contributed by atoms with Crippen LogP contribution in [0.5, 0.6) is 23.0 Å². The number of nitro benzene ring substituents is 1. The summed E-state index contributed by atoms with van der Waals surface area (Å²) in [7, 11) is 13.9. The van der Waals surface area contributed by atoms with Gasteiger partial charge >= 0.3 is 36.0 Å². The van der Waals surface area contributed by atoms with Crippen molar-refractivity contribution >= 4 is 122 Å². The van der Waals surface area contributed by atoms with Crippen molar-refractivity contribution in [2.75, 3.05) is 130 Å². The third-order valence-corrected chi connectivity index (χ3v) is 23.8. The molecule has 2 unspecified atom stereocenters. The first-order chi connectivity index (χ1) is 61.2. The van der Waals surface area contributed by atoms with Gasteiger partial charge in [0.15, 0.2) is 9.84 Å². The summed E-state index contributed by atoms with van der Waals surface area (Å²) in [6, 6.07) is 38.7. The molecule has 7 aliphatic heterocycles. The van der Waals surface area contributed by atoms with E-state index in [2.05, 4.69) is 24.4 Å². The maximum Gasteiger partial charge on any atom is 0.497 e. The summed E-state index contributed by atoms with van der Waals surface area (Å²) in [5.74, 6) is -2.39. The monoisotopic (exact) mass is 1840 g/mol. The SMILES string of the molecule is COC(=O)C1=C(N)N2C(=O)CSC2=C(C(=O)OC(C)C)C1.COC(=O)C1=C(N)N2C(=O)CSC2=C(C(=O)OC)C1.COc1cc(C)[n+](OC(=O)N(C)C)c(C)c1.COc1ccccc1N1C(=O)c2ccc(Oc3ccc(NC(=O)CCS(=O)(=O)c4ccc(C)cc4)cc3)cc2C1=O.Cc1cc(N(C)C)cc[n+]1C(=O)N(C)C.O=[N+]([O-])c1ccc(C2OCN3COCC23)cc1. The lowest BCUT2D eigenvalue weighted by Crippen LogP contribution is -2.53. The molecule has 7 amide bonds. The van der Waals surface area contributed by atoms with E-state index in [-0.39, 0.29) is 128 Å². The molecular weight excluding hydrogens is 1740 g/mol. The highest BCUT2D eigenvalue weighted by Crippen LogP contribution is 2.44. The van der Waals surface area contributed by atoms with Crippen molar-refractivity contribution in [1.82, 2.24) is 24.5 Å².